The van der Waals surface area contributed by atoms with Crippen molar-refractivity contribution >= 4 is 11.7 Å². The van der Waals surface area contributed by atoms with E-state index in [-0.39, 0.29) is 11.8 Å². The number of benzene rings is 1. The molecule has 1 saturated heterocycles. The molecule has 0 aliphatic carbocycles. The molecule has 23 heavy (non-hydrogen) atoms. The average molecular weight is 323 g/mol. The van der Waals surface area contributed by atoms with Crippen molar-refractivity contribution in [3.8, 4) is 0 Å². The molecule has 1 aliphatic heterocycles. The highest BCUT2D eigenvalue weighted by atomic mass is 19.1. The van der Waals surface area contributed by atoms with Crippen LogP contribution in [0.1, 0.15) is 26.3 Å². The summed E-state index contributed by atoms with van der Waals surface area (Å²) in [7, 11) is 0. The molecule has 0 aromatic heterocycles. The van der Waals surface area contributed by atoms with Crippen molar-refractivity contribution in [3.05, 3.63) is 29.6 Å². The van der Waals surface area contributed by atoms with E-state index in [0.29, 0.717) is 44.8 Å². The SMILES string of the molecule is CC(C)(C)C(=O)ON1CCN(c2ccc(CCN)cc2F)CC1. The van der Waals surface area contributed by atoms with E-state index in [4.69, 9.17) is 10.6 Å². The van der Waals surface area contributed by atoms with E-state index in [0.717, 1.165) is 5.56 Å². The minimum absolute atomic E-state index is 0.226. The molecule has 0 spiro atoms. The lowest BCUT2D eigenvalue weighted by Gasteiger charge is -2.35. The number of carbonyl (C=O) groups excluding carboxylic acids is 1. The first kappa shape index (κ1) is 17.7. The maximum Gasteiger partial charge on any atom is 0.330 e. The number of halogens is 1. The summed E-state index contributed by atoms with van der Waals surface area (Å²) in [6.07, 6.45) is 0.674. The number of nitrogens with two attached hydrogens (primary N) is 1. The number of rotatable bonds is 4. The molecule has 0 atom stereocenters. The third kappa shape index (κ3) is 4.65. The standard InChI is InChI=1S/C17H26FN3O2/c1-17(2,3)16(22)23-21-10-8-20(9-11-21)15-5-4-13(6-7-19)12-14(15)18/h4-5,12H,6-11,19H2,1-3H3. The number of hydrogen-bond acceptors (Lipinski definition) is 5. The first-order valence-electron chi connectivity index (χ1n) is 8.02. The van der Waals surface area contributed by atoms with Crippen LogP contribution >= 0.6 is 0 Å². The van der Waals surface area contributed by atoms with Crippen LogP contribution in [0.2, 0.25) is 0 Å². The van der Waals surface area contributed by atoms with Gasteiger partial charge in [0.1, 0.15) is 5.82 Å². The van der Waals surface area contributed by atoms with Gasteiger partial charge in [0.25, 0.3) is 0 Å². The van der Waals surface area contributed by atoms with Gasteiger partial charge in [0.15, 0.2) is 0 Å². The Morgan fingerprint density at radius 1 is 1.26 bits per heavy atom. The number of hydroxylamine groups is 2. The Bertz CT molecular complexity index is 549. The lowest BCUT2D eigenvalue weighted by molar-refractivity contribution is -0.201. The van der Waals surface area contributed by atoms with Crippen molar-refractivity contribution in [1.29, 1.82) is 0 Å². The van der Waals surface area contributed by atoms with E-state index < -0.39 is 5.41 Å². The van der Waals surface area contributed by atoms with Crippen LogP contribution in [0.3, 0.4) is 0 Å². The third-order valence-electron chi connectivity index (χ3n) is 3.85. The van der Waals surface area contributed by atoms with E-state index in [1.165, 1.54) is 0 Å². The summed E-state index contributed by atoms with van der Waals surface area (Å²) in [5.41, 5.74) is 6.47. The first-order chi connectivity index (χ1) is 10.8. The minimum atomic E-state index is -0.526. The van der Waals surface area contributed by atoms with Crippen molar-refractivity contribution in [1.82, 2.24) is 5.06 Å². The van der Waals surface area contributed by atoms with Gasteiger partial charge >= 0.3 is 5.97 Å². The maximum absolute atomic E-state index is 14.2. The molecular formula is C17H26FN3O2. The molecule has 1 aromatic carbocycles. The fraction of sp³-hybridized carbons (Fsp3) is 0.588. The maximum atomic E-state index is 14.2. The fourth-order valence-corrected chi connectivity index (χ4v) is 2.40. The second-order valence-corrected chi connectivity index (χ2v) is 6.87. The monoisotopic (exact) mass is 323 g/mol. The van der Waals surface area contributed by atoms with Gasteiger partial charge in [-0.2, -0.15) is 0 Å². The predicted molar refractivity (Wildman–Crippen MR) is 88.5 cm³/mol. The summed E-state index contributed by atoms with van der Waals surface area (Å²) in [5, 5.41) is 1.66. The van der Waals surface area contributed by atoms with Crippen LogP contribution in [0.15, 0.2) is 18.2 Å². The van der Waals surface area contributed by atoms with E-state index in [1.54, 1.807) is 17.2 Å². The lowest BCUT2D eigenvalue weighted by Crippen LogP contribution is -2.48. The molecule has 0 saturated carbocycles. The molecular weight excluding hydrogens is 297 g/mol. The summed E-state index contributed by atoms with van der Waals surface area (Å²) in [6.45, 7) is 8.33. The van der Waals surface area contributed by atoms with Gasteiger partial charge in [-0.15, -0.1) is 5.06 Å². The quantitative estimate of drug-likeness (QED) is 0.918. The van der Waals surface area contributed by atoms with Crippen LogP contribution in [0.5, 0.6) is 0 Å². The van der Waals surface area contributed by atoms with Gasteiger partial charge in [-0.05, 0) is 51.4 Å². The highest BCUT2D eigenvalue weighted by Crippen LogP contribution is 2.23. The summed E-state index contributed by atoms with van der Waals surface area (Å²) >= 11 is 0. The molecule has 0 bridgehead atoms. The number of anilines is 1. The van der Waals surface area contributed by atoms with Crippen LogP contribution in [0, 0.1) is 11.2 Å². The molecule has 1 aliphatic rings. The third-order valence-corrected chi connectivity index (χ3v) is 3.85. The van der Waals surface area contributed by atoms with Gasteiger partial charge in [0, 0.05) is 13.1 Å². The molecule has 1 fully saturated rings. The van der Waals surface area contributed by atoms with Crippen LogP contribution < -0.4 is 10.6 Å². The van der Waals surface area contributed by atoms with Gasteiger partial charge in [-0.25, -0.2) is 9.18 Å². The van der Waals surface area contributed by atoms with Gasteiger partial charge in [0.05, 0.1) is 24.2 Å². The Balaban J connectivity index is 1.93. The molecule has 2 N–H and O–H groups in total. The molecule has 1 heterocycles. The second kappa shape index (κ2) is 7.27. The second-order valence-electron chi connectivity index (χ2n) is 6.87. The van der Waals surface area contributed by atoms with Crippen LogP contribution in [-0.2, 0) is 16.1 Å². The van der Waals surface area contributed by atoms with Gasteiger partial charge in [-0.1, -0.05) is 6.07 Å². The molecule has 0 radical (unpaired) electrons. The smallest absolute Gasteiger partial charge is 0.330 e. The number of nitrogens with zero attached hydrogens (tertiary/aromatic N) is 2. The lowest BCUT2D eigenvalue weighted by atomic mass is 9.98. The Morgan fingerprint density at radius 3 is 2.43 bits per heavy atom. The molecule has 1 aromatic rings. The fourth-order valence-electron chi connectivity index (χ4n) is 2.40. The van der Waals surface area contributed by atoms with Crippen molar-refractivity contribution in [2.75, 3.05) is 37.6 Å². The topological polar surface area (TPSA) is 58.8 Å². The molecule has 5 nitrogen and oxygen atoms in total. The summed E-state index contributed by atoms with van der Waals surface area (Å²) in [4.78, 5) is 19.2. The van der Waals surface area contributed by atoms with Gasteiger partial charge in [0.2, 0.25) is 0 Å². The zero-order chi connectivity index (χ0) is 17.0. The van der Waals surface area contributed by atoms with E-state index >= 15 is 0 Å². The van der Waals surface area contributed by atoms with E-state index in [2.05, 4.69) is 0 Å². The highest BCUT2D eigenvalue weighted by Gasteiger charge is 2.28. The highest BCUT2D eigenvalue weighted by molar-refractivity contribution is 5.75. The largest absolute Gasteiger partial charge is 0.367 e. The normalized spacial score (nSPS) is 16.5. The summed E-state index contributed by atoms with van der Waals surface area (Å²) in [5.74, 6) is -0.473. The molecule has 0 amide bonds. The molecule has 128 valence electrons. The Kier molecular flexibility index (Phi) is 5.59. The zero-order valence-electron chi connectivity index (χ0n) is 14.1. The number of piperazine rings is 1. The number of carbonyl (C=O) groups is 1. The zero-order valence-corrected chi connectivity index (χ0v) is 14.1. The Morgan fingerprint density at radius 2 is 1.91 bits per heavy atom. The van der Waals surface area contributed by atoms with E-state index in [9.17, 15) is 9.18 Å². The summed E-state index contributed by atoms with van der Waals surface area (Å²) in [6, 6.07) is 5.27. The van der Waals surface area contributed by atoms with Crippen LogP contribution in [-0.4, -0.2) is 43.8 Å². The Labute approximate surface area is 137 Å². The van der Waals surface area contributed by atoms with Gasteiger partial charge < -0.3 is 15.5 Å². The minimum Gasteiger partial charge on any atom is -0.367 e. The average Bonchev–Trinajstić information content (AvgIpc) is 2.48. The van der Waals surface area contributed by atoms with Crippen LogP contribution in [0.4, 0.5) is 10.1 Å². The van der Waals surface area contributed by atoms with Crippen molar-refractivity contribution < 1.29 is 14.0 Å². The number of hydrogen-bond donors (Lipinski definition) is 1. The first-order valence-corrected chi connectivity index (χ1v) is 8.02. The molecule has 2 rings (SSSR count). The van der Waals surface area contributed by atoms with E-state index in [1.807, 2.05) is 31.7 Å². The molecule has 6 heteroatoms. The van der Waals surface area contributed by atoms with Crippen molar-refractivity contribution in [3.63, 3.8) is 0 Å². The molecule has 0 unspecified atom stereocenters. The Hall–Kier alpha value is -1.66. The van der Waals surface area contributed by atoms with Crippen molar-refractivity contribution in [2.24, 2.45) is 11.1 Å². The van der Waals surface area contributed by atoms with Crippen LogP contribution in [0.25, 0.3) is 0 Å². The summed E-state index contributed by atoms with van der Waals surface area (Å²) < 4.78 is 14.2. The van der Waals surface area contributed by atoms with Crippen molar-refractivity contribution in [2.45, 2.75) is 27.2 Å². The predicted octanol–water partition coefficient (Wildman–Crippen LogP) is 1.95. The van der Waals surface area contributed by atoms with Gasteiger partial charge in [-0.3, -0.25) is 0 Å².